The Morgan fingerprint density at radius 1 is 0.900 bits per heavy atom. The zero-order valence-electron chi connectivity index (χ0n) is 15.1. The van der Waals surface area contributed by atoms with E-state index in [-0.39, 0.29) is 11.4 Å². The van der Waals surface area contributed by atoms with Crippen LogP contribution in [0.2, 0.25) is 5.02 Å². The van der Waals surface area contributed by atoms with E-state index in [1.807, 2.05) is 0 Å². The molecule has 0 aliphatic rings. The highest BCUT2D eigenvalue weighted by Crippen LogP contribution is 2.32. The van der Waals surface area contributed by atoms with Crippen LogP contribution in [0.3, 0.4) is 0 Å². The monoisotopic (exact) mass is 428 g/mol. The average Bonchev–Trinajstić information content (AvgIpc) is 3.04. The van der Waals surface area contributed by atoms with Crippen LogP contribution in [0.5, 0.6) is 0 Å². The van der Waals surface area contributed by atoms with Gasteiger partial charge in [0.2, 0.25) is 5.78 Å². The number of carbonyl (C=O) groups is 2. The molecule has 0 aliphatic carbocycles. The van der Waals surface area contributed by atoms with E-state index in [4.69, 9.17) is 11.6 Å². The lowest BCUT2D eigenvalue weighted by atomic mass is 10.1. The quantitative estimate of drug-likeness (QED) is 0.408. The number of halogens is 4. The maximum atomic E-state index is 14.0. The first-order valence-corrected chi connectivity index (χ1v) is 9.10. The van der Waals surface area contributed by atoms with E-state index in [1.54, 1.807) is 48.5 Å². The van der Waals surface area contributed by atoms with Gasteiger partial charge in [-0.15, -0.1) is 0 Å². The van der Waals surface area contributed by atoms with E-state index < -0.39 is 34.7 Å². The van der Waals surface area contributed by atoms with Crippen molar-refractivity contribution in [1.82, 2.24) is 4.98 Å². The van der Waals surface area contributed by atoms with E-state index in [1.165, 1.54) is 0 Å². The number of aromatic nitrogens is 1. The third-order valence-electron chi connectivity index (χ3n) is 4.50. The molecule has 4 rings (SSSR count). The second kappa shape index (κ2) is 7.68. The summed E-state index contributed by atoms with van der Waals surface area (Å²) in [5, 5.41) is 3.18. The van der Waals surface area contributed by atoms with Crippen LogP contribution in [0.25, 0.3) is 10.9 Å². The Hall–Kier alpha value is -3.58. The molecule has 2 N–H and O–H groups in total. The first kappa shape index (κ1) is 19.7. The van der Waals surface area contributed by atoms with E-state index in [0.717, 1.165) is 0 Å². The molecule has 1 amide bonds. The van der Waals surface area contributed by atoms with Gasteiger partial charge in [-0.2, -0.15) is 0 Å². The predicted molar refractivity (Wildman–Crippen MR) is 107 cm³/mol. The van der Waals surface area contributed by atoms with Crippen molar-refractivity contribution in [1.29, 1.82) is 0 Å². The van der Waals surface area contributed by atoms with Gasteiger partial charge in [-0.1, -0.05) is 41.9 Å². The molecule has 0 saturated carbocycles. The lowest BCUT2D eigenvalue weighted by Gasteiger charge is -2.09. The summed E-state index contributed by atoms with van der Waals surface area (Å²) in [7, 11) is 0. The Morgan fingerprint density at radius 3 is 2.23 bits per heavy atom. The van der Waals surface area contributed by atoms with Crippen molar-refractivity contribution in [3.05, 3.63) is 100.0 Å². The summed E-state index contributed by atoms with van der Waals surface area (Å²) in [4.78, 5) is 28.5. The van der Waals surface area contributed by atoms with Crippen LogP contribution in [0.4, 0.5) is 18.9 Å². The van der Waals surface area contributed by atoms with Gasteiger partial charge in [0, 0.05) is 33.6 Å². The molecule has 0 fully saturated rings. The third-order valence-corrected chi connectivity index (χ3v) is 4.73. The van der Waals surface area contributed by atoms with Gasteiger partial charge >= 0.3 is 0 Å². The van der Waals surface area contributed by atoms with Gasteiger partial charge in [-0.3, -0.25) is 9.59 Å². The molecule has 0 unspecified atom stereocenters. The molecule has 0 radical (unpaired) electrons. The fourth-order valence-electron chi connectivity index (χ4n) is 3.14. The number of hydrogen-bond donors (Lipinski definition) is 2. The van der Waals surface area contributed by atoms with Crippen molar-refractivity contribution >= 4 is 39.9 Å². The van der Waals surface area contributed by atoms with Crippen LogP contribution in [0.1, 0.15) is 26.4 Å². The number of amides is 1. The van der Waals surface area contributed by atoms with Gasteiger partial charge in [-0.25, -0.2) is 13.2 Å². The minimum atomic E-state index is -1.36. The van der Waals surface area contributed by atoms with E-state index in [2.05, 4.69) is 10.3 Å². The van der Waals surface area contributed by atoms with Crippen molar-refractivity contribution in [3.8, 4) is 0 Å². The number of aromatic amines is 1. The number of benzene rings is 3. The lowest BCUT2D eigenvalue weighted by Crippen LogP contribution is -2.18. The molecule has 4 nitrogen and oxygen atoms in total. The van der Waals surface area contributed by atoms with Crippen LogP contribution >= 0.6 is 11.6 Å². The molecule has 3 aromatic carbocycles. The van der Waals surface area contributed by atoms with Gasteiger partial charge in [0.1, 0.15) is 28.7 Å². The second-order valence-electron chi connectivity index (χ2n) is 6.46. The van der Waals surface area contributed by atoms with Gasteiger partial charge in [0.05, 0.1) is 5.69 Å². The molecule has 0 saturated heterocycles. The number of hydrogen-bond acceptors (Lipinski definition) is 2. The third kappa shape index (κ3) is 3.55. The zero-order valence-corrected chi connectivity index (χ0v) is 15.9. The maximum Gasteiger partial charge on any atom is 0.261 e. The Morgan fingerprint density at radius 2 is 1.57 bits per heavy atom. The largest absolute Gasteiger partial charge is 0.350 e. The fourth-order valence-corrected chi connectivity index (χ4v) is 3.31. The van der Waals surface area contributed by atoms with Crippen LogP contribution in [0, 0.1) is 17.5 Å². The second-order valence-corrected chi connectivity index (χ2v) is 6.90. The van der Waals surface area contributed by atoms with Gasteiger partial charge in [0.15, 0.2) is 0 Å². The molecule has 8 heteroatoms. The summed E-state index contributed by atoms with van der Waals surface area (Å²) in [5.41, 5.74) is -0.141. The molecule has 30 heavy (non-hydrogen) atoms. The van der Waals surface area contributed by atoms with Crippen LogP contribution in [0.15, 0.2) is 60.7 Å². The summed E-state index contributed by atoms with van der Waals surface area (Å²) >= 11 is 6.01. The summed E-state index contributed by atoms with van der Waals surface area (Å²) in [6.07, 6.45) is 0. The van der Waals surface area contributed by atoms with E-state index >= 15 is 0 Å². The average molecular weight is 429 g/mol. The highest BCUT2D eigenvalue weighted by molar-refractivity contribution is 6.31. The van der Waals surface area contributed by atoms with Crippen molar-refractivity contribution in [2.45, 2.75) is 0 Å². The molecule has 1 heterocycles. The number of H-pyrrole nitrogens is 1. The van der Waals surface area contributed by atoms with Gasteiger partial charge in [0.25, 0.3) is 5.91 Å². The van der Waals surface area contributed by atoms with Gasteiger partial charge in [-0.05, 0) is 18.2 Å². The SMILES string of the molecule is O=C(c1ccccc1)c1[nH]c2cc(Cl)ccc2c1NC(=O)c1c(F)cc(F)cc1F. The molecule has 0 bridgehead atoms. The summed E-state index contributed by atoms with van der Waals surface area (Å²) in [6.45, 7) is 0. The Bertz CT molecular complexity index is 1280. The maximum absolute atomic E-state index is 14.0. The molecule has 0 aliphatic heterocycles. The van der Waals surface area contributed by atoms with Crippen molar-refractivity contribution in [2.24, 2.45) is 0 Å². The van der Waals surface area contributed by atoms with Crippen LogP contribution < -0.4 is 5.32 Å². The molecular weight excluding hydrogens is 417 g/mol. The first-order valence-electron chi connectivity index (χ1n) is 8.72. The summed E-state index contributed by atoms with van der Waals surface area (Å²) in [6, 6.07) is 13.7. The minimum absolute atomic E-state index is 0.00902. The number of ketones is 1. The number of fused-ring (bicyclic) bond motifs is 1. The van der Waals surface area contributed by atoms with Crippen molar-refractivity contribution in [2.75, 3.05) is 5.32 Å². The number of carbonyl (C=O) groups excluding carboxylic acids is 2. The summed E-state index contributed by atoms with van der Waals surface area (Å²) in [5.74, 6) is -5.47. The van der Waals surface area contributed by atoms with E-state index in [9.17, 15) is 22.8 Å². The smallest absolute Gasteiger partial charge is 0.261 e. The molecule has 0 atom stereocenters. The first-order chi connectivity index (χ1) is 14.3. The van der Waals surface area contributed by atoms with Gasteiger partial charge < -0.3 is 10.3 Å². The standard InChI is InChI=1S/C22H12ClF3N2O2/c23-12-6-7-14-17(8-12)27-20(21(29)11-4-2-1-3-5-11)19(14)28-22(30)18-15(25)9-13(24)10-16(18)26/h1-10,27H,(H,28,30). The number of rotatable bonds is 4. The zero-order chi connectivity index (χ0) is 21.4. The van der Waals surface area contributed by atoms with Crippen LogP contribution in [-0.4, -0.2) is 16.7 Å². The normalized spacial score (nSPS) is 10.9. The minimum Gasteiger partial charge on any atom is -0.350 e. The Labute approximate surface area is 173 Å². The van der Waals surface area contributed by atoms with Crippen molar-refractivity contribution < 1.29 is 22.8 Å². The highest BCUT2D eigenvalue weighted by atomic mass is 35.5. The Balaban J connectivity index is 1.83. The molecule has 1 aromatic heterocycles. The van der Waals surface area contributed by atoms with Crippen molar-refractivity contribution in [3.63, 3.8) is 0 Å². The molecule has 150 valence electrons. The molecule has 4 aromatic rings. The number of nitrogens with one attached hydrogen (secondary N) is 2. The molecular formula is C22H12ClF3N2O2. The predicted octanol–water partition coefficient (Wildman–Crippen LogP) is 5.72. The topological polar surface area (TPSA) is 62.0 Å². The fraction of sp³-hybridized carbons (Fsp3) is 0. The number of anilines is 1. The highest BCUT2D eigenvalue weighted by Gasteiger charge is 2.24. The summed E-state index contributed by atoms with van der Waals surface area (Å²) < 4.78 is 41.3. The Kier molecular flexibility index (Phi) is 5.05. The lowest BCUT2D eigenvalue weighted by molar-refractivity contribution is 0.101. The van der Waals surface area contributed by atoms with Crippen LogP contribution in [-0.2, 0) is 0 Å². The van der Waals surface area contributed by atoms with E-state index in [0.29, 0.717) is 33.6 Å². The molecule has 0 spiro atoms.